The second-order valence-corrected chi connectivity index (χ2v) is 5.77. The number of aromatic nitrogens is 2. The molecule has 0 aliphatic heterocycles. The zero-order chi connectivity index (χ0) is 14.0. The summed E-state index contributed by atoms with van der Waals surface area (Å²) in [5, 5.41) is 3.71. The molecular formula is C15H27N3O. The van der Waals surface area contributed by atoms with Crippen molar-refractivity contribution in [2.75, 3.05) is 7.11 Å². The maximum absolute atomic E-state index is 5.73. The van der Waals surface area contributed by atoms with Gasteiger partial charge in [-0.2, -0.15) is 0 Å². The molecule has 0 saturated heterocycles. The summed E-state index contributed by atoms with van der Waals surface area (Å²) in [5.74, 6) is 1.65. The van der Waals surface area contributed by atoms with Gasteiger partial charge in [-0.25, -0.2) is 4.98 Å². The maximum Gasteiger partial charge on any atom is 0.122 e. The van der Waals surface area contributed by atoms with Crippen LogP contribution in [0.15, 0.2) is 12.4 Å². The molecule has 1 fully saturated rings. The SMILES string of the molecule is CCC1(CC)[C@H](NCc2nccn2C)[C@H](C)[C@H]1OC. The summed E-state index contributed by atoms with van der Waals surface area (Å²) < 4.78 is 7.80. The minimum Gasteiger partial charge on any atom is -0.380 e. The highest BCUT2D eigenvalue weighted by atomic mass is 16.5. The molecule has 1 aromatic heterocycles. The normalized spacial score (nSPS) is 29.2. The maximum atomic E-state index is 5.73. The highest BCUT2D eigenvalue weighted by molar-refractivity contribution is 5.11. The molecule has 0 unspecified atom stereocenters. The summed E-state index contributed by atoms with van der Waals surface area (Å²) in [5.41, 5.74) is 0.277. The first-order chi connectivity index (χ1) is 9.10. The van der Waals surface area contributed by atoms with Crippen LogP contribution in [0, 0.1) is 11.3 Å². The number of hydrogen-bond donors (Lipinski definition) is 1. The average Bonchev–Trinajstić information content (AvgIpc) is 2.81. The second-order valence-electron chi connectivity index (χ2n) is 5.77. The monoisotopic (exact) mass is 265 g/mol. The lowest BCUT2D eigenvalue weighted by Crippen LogP contribution is -2.69. The van der Waals surface area contributed by atoms with Crippen LogP contribution in [-0.4, -0.2) is 28.8 Å². The van der Waals surface area contributed by atoms with Crippen LogP contribution in [0.2, 0.25) is 0 Å². The van der Waals surface area contributed by atoms with E-state index in [4.69, 9.17) is 4.74 Å². The van der Waals surface area contributed by atoms with Gasteiger partial charge < -0.3 is 14.6 Å². The predicted molar refractivity (Wildman–Crippen MR) is 76.8 cm³/mol. The minimum atomic E-state index is 0.277. The third-order valence-corrected chi connectivity index (χ3v) is 5.16. The molecule has 1 N–H and O–H groups in total. The molecule has 3 atom stereocenters. The second kappa shape index (κ2) is 5.63. The molecule has 0 aromatic carbocycles. The van der Waals surface area contributed by atoms with Crippen LogP contribution < -0.4 is 5.32 Å². The molecule has 0 amide bonds. The molecule has 4 heteroatoms. The van der Waals surface area contributed by atoms with Crippen LogP contribution in [0.1, 0.15) is 39.4 Å². The van der Waals surface area contributed by atoms with Crippen molar-refractivity contribution in [2.45, 2.75) is 52.3 Å². The summed E-state index contributed by atoms with van der Waals surface area (Å²) in [6.45, 7) is 7.66. The van der Waals surface area contributed by atoms with Gasteiger partial charge in [-0.15, -0.1) is 0 Å². The van der Waals surface area contributed by atoms with E-state index in [1.165, 1.54) is 0 Å². The van der Waals surface area contributed by atoms with Crippen LogP contribution in [-0.2, 0) is 18.3 Å². The number of hydrogen-bond acceptors (Lipinski definition) is 3. The molecule has 2 rings (SSSR count). The Balaban J connectivity index is 2.05. The number of ether oxygens (including phenoxy) is 1. The number of nitrogens with one attached hydrogen (secondary N) is 1. The van der Waals surface area contributed by atoms with E-state index in [0.717, 1.165) is 25.2 Å². The molecule has 1 aliphatic rings. The molecule has 1 aliphatic carbocycles. The van der Waals surface area contributed by atoms with Crippen molar-refractivity contribution in [3.05, 3.63) is 18.2 Å². The Kier molecular flexibility index (Phi) is 4.31. The van der Waals surface area contributed by atoms with Gasteiger partial charge in [0.2, 0.25) is 0 Å². The summed E-state index contributed by atoms with van der Waals surface area (Å²) in [7, 11) is 3.88. The lowest BCUT2D eigenvalue weighted by Gasteiger charge is -2.60. The molecule has 1 aromatic rings. The Bertz CT molecular complexity index is 411. The molecule has 0 bridgehead atoms. The van der Waals surface area contributed by atoms with Gasteiger partial charge >= 0.3 is 0 Å². The van der Waals surface area contributed by atoms with E-state index < -0.39 is 0 Å². The first kappa shape index (κ1) is 14.5. The Morgan fingerprint density at radius 1 is 1.42 bits per heavy atom. The van der Waals surface area contributed by atoms with Crippen molar-refractivity contribution in [2.24, 2.45) is 18.4 Å². The lowest BCUT2D eigenvalue weighted by atomic mass is 9.53. The van der Waals surface area contributed by atoms with Crippen LogP contribution in [0.4, 0.5) is 0 Å². The van der Waals surface area contributed by atoms with Gasteiger partial charge in [-0.05, 0) is 18.8 Å². The van der Waals surface area contributed by atoms with E-state index in [-0.39, 0.29) is 5.41 Å². The van der Waals surface area contributed by atoms with Crippen LogP contribution in [0.25, 0.3) is 0 Å². The smallest absolute Gasteiger partial charge is 0.122 e. The van der Waals surface area contributed by atoms with E-state index in [2.05, 4.69) is 35.6 Å². The molecule has 108 valence electrons. The number of methoxy groups -OCH3 is 1. The van der Waals surface area contributed by atoms with Gasteiger partial charge in [-0.3, -0.25) is 0 Å². The highest BCUT2D eigenvalue weighted by Gasteiger charge is 2.57. The van der Waals surface area contributed by atoms with Gasteiger partial charge in [0, 0.05) is 38.0 Å². The Morgan fingerprint density at radius 3 is 2.58 bits per heavy atom. The molecule has 1 heterocycles. The summed E-state index contributed by atoms with van der Waals surface area (Å²) in [6.07, 6.45) is 6.54. The predicted octanol–water partition coefficient (Wildman–Crippen LogP) is 2.35. The number of rotatable bonds is 6. The van der Waals surface area contributed by atoms with E-state index in [9.17, 15) is 0 Å². The number of aryl methyl sites for hydroxylation is 1. The minimum absolute atomic E-state index is 0.277. The number of imidazole rings is 1. The Morgan fingerprint density at radius 2 is 2.11 bits per heavy atom. The lowest BCUT2D eigenvalue weighted by molar-refractivity contribution is -0.168. The van der Waals surface area contributed by atoms with Crippen molar-refractivity contribution in [1.82, 2.24) is 14.9 Å². The fourth-order valence-corrected chi connectivity index (χ4v) is 3.98. The molecule has 4 nitrogen and oxygen atoms in total. The highest BCUT2D eigenvalue weighted by Crippen LogP contribution is 2.52. The summed E-state index contributed by atoms with van der Waals surface area (Å²) >= 11 is 0. The van der Waals surface area contributed by atoms with E-state index in [0.29, 0.717) is 18.1 Å². The zero-order valence-corrected chi connectivity index (χ0v) is 12.8. The molecule has 1 saturated carbocycles. The van der Waals surface area contributed by atoms with Crippen LogP contribution in [0.5, 0.6) is 0 Å². The first-order valence-electron chi connectivity index (χ1n) is 7.33. The van der Waals surface area contributed by atoms with Crippen molar-refractivity contribution < 1.29 is 4.74 Å². The van der Waals surface area contributed by atoms with E-state index in [1.54, 1.807) is 0 Å². The fraction of sp³-hybridized carbons (Fsp3) is 0.800. The molecule has 0 radical (unpaired) electrons. The first-order valence-corrected chi connectivity index (χ1v) is 7.33. The quantitative estimate of drug-likeness (QED) is 0.858. The Hall–Kier alpha value is -0.870. The molecular weight excluding hydrogens is 238 g/mol. The van der Waals surface area contributed by atoms with Crippen molar-refractivity contribution >= 4 is 0 Å². The van der Waals surface area contributed by atoms with Crippen molar-refractivity contribution in [3.63, 3.8) is 0 Å². The zero-order valence-electron chi connectivity index (χ0n) is 12.8. The number of nitrogens with zero attached hydrogens (tertiary/aromatic N) is 2. The van der Waals surface area contributed by atoms with Gasteiger partial charge in [0.1, 0.15) is 5.82 Å². The summed E-state index contributed by atoms with van der Waals surface area (Å²) in [4.78, 5) is 4.38. The fourth-order valence-electron chi connectivity index (χ4n) is 3.98. The standard InChI is InChI=1S/C15H27N3O/c1-6-15(7-2)13(11(3)14(15)19-5)17-10-12-16-8-9-18(12)4/h8-9,11,13-14,17H,6-7,10H2,1-5H3/t11-,13+,14+/m0/s1. The van der Waals surface area contributed by atoms with Crippen LogP contribution >= 0.6 is 0 Å². The third-order valence-electron chi connectivity index (χ3n) is 5.16. The molecule has 0 spiro atoms. The Labute approximate surface area is 116 Å². The van der Waals surface area contributed by atoms with Crippen molar-refractivity contribution in [1.29, 1.82) is 0 Å². The third kappa shape index (κ3) is 2.21. The van der Waals surface area contributed by atoms with Crippen LogP contribution in [0.3, 0.4) is 0 Å². The summed E-state index contributed by atoms with van der Waals surface area (Å²) in [6, 6.07) is 0.518. The van der Waals surface area contributed by atoms with E-state index >= 15 is 0 Å². The molecule has 19 heavy (non-hydrogen) atoms. The average molecular weight is 265 g/mol. The van der Waals surface area contributed by atoms with Gasteiger partial charge in [0.25, 0.3) is 0 Å². The van der Waals surface area contributed by atoms with Crippen molar-refractivity contribution in [3.8, 4) is 0 Å². The largest absolute Gasteiger partial charge is 0.380 e. The van der Waals surface area contributed by atoms with Gasteiger partial charge in [0.05, 0.1) is 12.6 Å². The van der Waals surface area contributed by atoms with Gasteiger partial charge in [-0.1, -0.05) is 20.8 Å². The van der Waals surface area contributed by atoms with Gasteiger partial charge in [0.15, 0.2) is 0 Å². The van der Waals surface area contributed by atoms with E-state index in [1.807, 2.05) is 26.6 Å². The topological polar surface area (TPSA) is 39.1 Å².